The van der Waals surface area contributed by atoms with Crippen molar-refractivity contribution in [3.8, 4) is 11.4 Å². The molecule has 2 aromatic rings. The lowest BCUT2D eigenvalue weighted by molar-refractivity contribution is 0.616. The van der Waals surface area contributed by atoms with Crippen LogP contribution < -0.4 is 5.32 Å². The van der Waals surface area contributed by atoms with E-state index in [0.29, 0.717) is 6.04 Å². The van der Waals surface area contributed by atoms with Gasteiger partial charge in [0.25, 0.3) is 0 Å². The number of nitrogens with one attached hydrogen (secondary N) is 2. The van der Waals surface area contributed by atoms with Gasteiger partial charge in [0.05, 0.1) is 0 Å². The van der Waals surface area contributed by atoms with Crippen molar-refractivity contribution in [2.24, 2.45) is 5.92 Å². The molecule has 1 atom stereocenters. The molecule has 1 aromatic heterocycles. The highest BCUT2D eigenvalue weighted by Gasteiger charge is 2.29. The van der Waals surface area contributed by atoms with E-state index < -0.39 is 0 Å². The van der Waals surface area contributed by atoms with Crippen LogP contribution in [0, 0.1) is 12.8 Å². The van der Waals surface area contributed by atoms with E-state index in [0.717, 1.165) is 23.1 Å². The molecule has 0 radical (unpaired) electrons. The van der Waals surface area contributed by atoms with Gasteiger partial charge in [0.2, 0.25) is 0 Å². The highest BCUT2D eigenvalue weighted by Crippen LogP contribution is 2.35. The SMILES string of the molecule is CCC(Nc1cccc(-c2n[nH]c(C)n2)c1)C1CC1. The lowest BCUT2D eigenvalue weighted by atomic mass is 10.1. The van der Waals surface area contributed by atoms with Gasteiger partial charge in [-0.15, -0.1) is 0 Å². The number of hydrogen-bond acceptors (Lipinski definition) is 3. The molecular weight excluding hydrogens is 236 g/mol. The monoisotopic (exact) mass is 256 g/mol. The molecule has 3 rings (SSSR count). The molecule has 4 heteroatoms. The number of aromatic amines is 1. The van der Waals surface area contributed by atoms with Crippen LogP contribution in [-0.4, -0.2) is 21.2 Å². The quantitative estimate of drug-likeness (QED) is 0.862. The predicted octanol–water partition coefficient (Wildman–Crippen LogP) is 3.38. The van der Waals surface area contributed by atoms with Crippen LogP contribution in [-0.2, 0) is 0 Å². The number of hydrogen-bond donors (Lipinski definition) is 2. The second-order valence-corrected chi connectivity index (χ2v) is 5.32. The van der Waals surface area contributed by atoms with Crippen LogP contribution in [0.3, 0.4) is 0 Å². The van der Waals surface area contributed by atoms with Gasteiger partial charge in [-0.25, -0.2) is 4.98 Å². The van der Waals surface area contributed by atoms with Crippen LogP contribution in [0.4, 0.5) is 5.69 Å². The molecule has 100 valence electrons. The summed E-state index contributed by atoms with van der Waals surface area (Å²) < 4.78 is 0. The molecule has 1 aliphatic carbocycles. The van der Waals surface area contributed by atoms with Crippen molar-refractivity contribution in [3.05, 3.63) is 30.1 Å². The molecule has 19 heavy (non-hydrogen) atoms. The van der Waals surface area contributed by atoms with Gasteiger partial charge in [-0.3, -0.25) is 5.10 Å². The molecule has 1 saturated carbocycles. The van der Waals surface area contributed by atoms with Crippen molar-refractivity contribution in [2.45, 2.75) is 39.2 Å². The fourth-order valence-electron chi connectivity index (χ4n) is 2.49. The van der Waals surface area contributed by atoms with Crippen molar-refractivity contribution in [1.29, 1.82) is 0 Å². The molecule has 1 unspecified atom stereocenters. The molecule has 0 saturated heterocycles. The molecular formula is C15H20N4. The van der Waals surface area contributed by atoms with Crippen LogP contribution in [0.2, 0.25) is 0 Å². The maximum atomic E-state index is 4.37. The van der Waals surface area contributed by atoms with Crippen LogP contribution in [0.1, 0.15) is 32.0 Å². The zero-order chi connectivity index (χ0) is 13.2. The first-order chi connectivity index (χ1) is 9.26. The molecule has 1 aliphatic rings. The van der Waals surface area contributed by atoms with Crippen molar-refractivity contribution >= 4 is 5.69 Å². The third-order valence-electron chi connectivity index (χ3n) is 3.70. The lowest BCUT2D eigenvalue weighted by Crippen LogP contribution is -2.20. The standard InChI is InChI=1S/C15H20N4/c1-3-14(11-7-8-11)17-13-6-4-5-12(9-13)15-16-10(2)18-19-15/h4-6,9,11,14,17H,3,7-8H2,1-2H3,(H,16,18,19). The third-order valence-corrected chi connectivity index (χ3v) is 3.70. The van der Waals surface area contributed by atoms with Gasteiger partial charge in [0.1, 0.15) is 5.82 Å². The topological polar surface area (TPSA) is 53.6 Å². The van der Waals surface area contributed by atoms with Gasteiger partial charge in [-0.05, 0) is 44.2 Å². The average Bonchev–Trinajstić information content (AvgIpc) is 3.18. The Labute approximate surface area is 113 Å². The summed E-state index contributed by atoms with van der Waals surface area (Å²) in [7, 11) is 0. The van der Waals surface area contributed by atoms with E-state index in [1.54, 1.807) is 0 Å². The molecule has 0 spiro atoms. The number of rotatable bonds is 5. The maximum absolute atomic E-state index is 4.37. The van der Waals surface area contributed by atoms with Gasteiger partial charge in [0, 0.05) is 17.3 Å². The van der Waals surface area contributed by atoms with Gasteiger partial charge in [-0.1, -0.05) is 19.1 Å². The molecule has 0 amide bonds. The van der Waals surface area contributed by atoms with Gasteiger partial charge in [0.15, 0.2) is 5.82 Å². The Kier molecular flexibility index (Phi) is 3.23. The Balaban J connectivity index is 1.79. The molecule has 0 aliphatic heterocycles. The Bertz CT molecular complexity index is 557. The first-order valence-corrected chi connectivity index (χ1v) is 7.02. The summed E-state index contributed by atoms with van der Waals surface area (Å²) in [5.74, 6) is 2.47. The summed E-state index contributed by atoms with van der Waals surface area (Å²) >= 11 is 0. The summed E-state index contributed by atoms with van der Waals surface area (Å²) in [5.41, 5.74) is 2.22. The summed E-state index contributed by atoms with van der Waals surface area (Å²) in [6.45, 7) is 4.16. The van der Waals surface area contributed by atoms with E-state index in [9.17, 15) is 0 Å². The second-order valence-electron chi connectivity index (χ2n) is 5.32. The normalized spacial score (nSPS) is 16.3. The van der Waals surface area contributed by atoms with E-state index in [1.165, 1.54) is 24.9 Å². The Morgan fingerprint density at radius 1 is 1.42 bits per heavy atom. The Morgan fingerprint density at radius 2 is 2.26 bits per heavy atom. The first kappa shape index (κ1) is 12.2. The number of aromatic nitrogens is 3. The second kappa shape index (κ2) is 5.03. The predicted molar refractivity (Wildman–Crippen MR) is 77.0 cm³/mol. The van der Waals surface area contributed by atoms with E-state index in [2.05, 4.69) is 45.6 Å². The van der Waals surface area contributed by atoms with Crippen LogP contribution in [0.25, 0.3) is 11.4 Å². The fourth-order valence-corrected chi connectivity index (χ4v) is 2.49. The Morgan fingerprint density at radius 3 is 2.89 bits per heavy atom. The third kappa shape index (κ3) is 2.78. The molecule has 4 nitrogen and oxygen atoms in total. The molecule has 2 N–H and O–H groups in total. The molecule has 1 fully saturated rings. The minimum absolute atomic E-state index is 0.601. The fraction of sp³-hybridized carbons (Fsp3) is 0.467. The van der Waals surface area contributed by atoms with Gasteiger partial charge >= 0.3 is 0 Å². The van der Waals surface area contributed by atoms with E-state index in [-0.39, 0.29) is 0 Å². The summed E-state index contributed by atoms with van der Waals surface area (Å²) in [6.07, 6.45) is 3.91. The van der Waals surface area contributed by atoms with Gasteiger partial charge in [-0.2, -0.15) is 5.10 Å². The van der Waals surface area contributed by atoms with Gasteiger partial charge < -0.3 is 5.32 Å². The van der Waals surface area contributed by atoms with Crippen LogP contribution >= 0.6 is 0 Å². The maximum Gasteiger partial charge on any atom is 0.181 e. The van der Waals surface area contributed by atoms with E-state index in [4.69, 9.17) is 0 Å². The number of aryl methyl sites for hydroxylation is 1. The van der Waals surface area contributed by atoms with Crippen molar-refractivity contribution in [1.82, 2.24) is 15.2 Å². The number of anilines is 1. The molecule has 1 heterocycles. The highest BCUT2D eigenvalue weighted by atomic mass is 15.2. The highest BCUT2D eigenvalue weighted by molar-refractivity contribution is 5.62. The Hall–Kier alpha value is -1.84. The zero-order valence-electron chi connectivity index (χ0n) is 11.5. The molecule has 1 aromatic carbocycles. The minimum atomic E-state index is 0.601. The number of benzene rings is 1. The van der Waals surface area contributed by atoms with E-state index >= 15 is 0 Å². The first-order valence-electron chi connectivity index (χ1n) is 7.02. The van der Waals surface area contributed by atoms with Crippen molar-refractivity contribution in [3.63, 3.8) is 0 Å². The minimum Gasteiger partial charge on any atom is -0.382 e. The number of H-pyrrole nitrogens is 1. The smallest absolute Gasteiger partial charge is 0.181 e. The number of nitrogens with zero attached hydrogens (tertiary/aromatic N) is 2. The van der Waals surface area contributed by atoms with Crippen molar-refractivity contribution < 1.29 is 0 Å². The van der Waals surface area contributed by atoms with E-state index in [1.807, 2.05) is 13.0 Å². The summed E-state index contributed by atoms with van der Waals surface area (Å²) in [4.78, 5) is 4.37. The van der Waals surface area contributed by atoms with Crippen molar-refractivity contribution in [2.75, 3.05) is 5.32 Å². The zero-order valence-corrected chi connectivity index (χ0v) is 11.5. The summed E-state index contributed by atoms with van der Waals surface area (Å²) in [6, 6.07) is 8.96. The largest absolute Gasteiger partial charge is 0.382 e. The van der Waals surface area contributed by atoms with Crippen LogP contribution in [0.15, 0.2) is 24.3 Å². The summed E-state index contributed by atoms with van der Waals surface area (Å²) in [5, 5.41) is 10.7. The lowest BCUT2D eigenvalue weighted by Gasteiger charge is -2.17. The average molecular weight is 256 g/mol. The molecule has 0 bridgehead atoms. The van der Waals surface area contributed by atoms with Crippen LogP contribution in [0.5, 0.6) is 0 Å².